The van der Waals surface area contributed by atoms with Crippen LogP contribution in [-0.2, 0) is 9.47 Å². The first-order valence-corrected chi connectivity index (χ1v) is 7.00. The van der Waals surface area contributed by atoms with E-state index in [9.17, 15) is 4.79 Å². The monoisotopic (exact) mass is 277 g/mol. The summed E-state index contributed by atoms with van der Waals surface area (Å²) in [6, 6.07) is 3.50. The number of furan rings is 1. The van der Waals surface area contributed by atoms with Crippen molar-refractivity contribution in [3.63, 3.8) is 0 Å². The number of carbonyl (C=O) groups excluding carboxylic acids is 1. The molecule has 5 heteroatoms. The van der Waals surface area contributed by atoms with Crippen molar-refractivity contribution in [1.82, 2.24) is 4.90 Å². The minimum atomic E-state index is -0.0859. The molecule has 0 saturated carbocycles. The van der Waals surface area contributed by atoms with E-state index in [1.807, 2.05) is 4.90 Å². The van der Waals surface area contributed by atoms with E-state index in [2.05, 4.69) is 6.58 Å². The highest BCUT2D eigenvalue weighted by Gasteiger charge is 2.47. The van der Waals surface area contributed by atoms with Crippen LogP contribution in [0.3, 0.4) is 0 Å². The summed E-state index contributed by atoms with van der Waals surface area (Å²) in [5, 5.41) is 0. The lowest BCUT2D eigenvalue weighted by molar-refractivity contribution is -0.0708. The zero-order chi connectivity index (χ0) is 13.9. The fourth-order valence-corrected chi connectivity index (χ4v) is 3.02. The van der Waals surface area contributed by atoms with Crippen LogP contribution in [0.5, 0.6) is 0 Å². The predicted molar refractivity (Wildman–Crippen MR) is 72.4 cm³/mol. The Hall–Kier alpha value is -1.59. The highest BCUT2D eigenvalue weighted by atomic mass is 16.5. The Morgan fingerprint density at radius 1 is 1.60 bits per heavy atom. The molecule has 0 aliphatic carbocycles. The Labute approximate surface area is 118 Å². The molecule has 2 saturated heterocycles. The van der Waals surface area contributed by atoms with E-state index in [4.69, 9.17) is 13.9 Å². The summed E-state index contributed by atoms with van der Waals surface area (Å²) in [7, 11) is 0. The number of hydrogen-bond acceptors (Lipinski definition) is 4. The van der Waals surface area contributed by atoms with E-state index >= 15 is 0 Å². The van der Waals surface area contributed by atoms with Gasteiger partial charge in [-0.1, -0.05) is 6.08 Å². The maximum atomic E-state index is 12.5. The normalized spacial score (nSPS) is 29.2. The molecule has 0 spiro atoms. The van der Waals surface area contributed by atoms with Gasteiger partial charge in [0.2, 0.25) is 0 Å². The number of likely N-dealkylation sites (tertiary alicyclic amines) is 1. The second-order valence-electron chi connectivity index (χ2n) is 5.14. The molecule has 1 amide bonds. The van der Waals surface area contributed by atoms with Gasteiger partial charge in [0.25, 0.3) is 5.91 Å². The molecule has 1 aromatic heterocycles. The molecule has 3 heterocycles. The van der Waals surface area contributed by atoms with Crippen LogP contribution < -0.4 is 0 Å². The summed E-state index contributed by atoms with van der Waals surface area (Å²) in [6.45, 7) is 5.41. The number of ether oxygens (including phenoxy) is 2. The van der Waals surface area contributed by atoms with Gasteiger partial charge < -0.3 is 18.8 Å². The third kappa shape index (κ3) is 2.39. The van der Waals surface area contributed by atoms with Crippen molar-refractivity contribution in [2.75, 3.05) is 19.8 Å². The van der Waals surface area contributed by atoms with E-state index in [0.29, 0.717) is 18.9 Å². The molecule has 0 N–H and O–H groups in total. The molecule has 0 unspecified atom stereocenters. The van der Waals surface area contributed by atoms with Crippen molar-refractivity contribution in [2.45, 2.75) is 31.1 Å². The first-order valence-electron chi connectivity index (χ1n) is 7.00. The molecular formula is C15H19NO4. The molecule has 0 bridgehead atoms. The molecule has 108 valence electrons. The van der Waals surface area contributed by atoms with Crippen LogP contribution in [0, 0.1) is 0 Å². The van der Waals surface area contributed by atoms with E-state index in [1.54, 1.807) is 18.2 Å². The fourth-order valence-electron chi connectivity index (χ4n) is 3.02. The van der Waals surface area contributed by atoms with Crippen LogP contribution >= 0.6 is 0 Å². The summed E-state index contributed by atoms with van der Waals surface area (Å²) >= 11 is 0. The van der Waals surface area contributed by atoms with Gasteiger partial charge in [0, 0.05) is 6.61 Å². The molecule has 5 nitrogen and oxygen atoms in total. The molecule has 1 aromatic rings. The molecule has 0 radical (unpaired) electrons. The zero-order valence-corrected chi connectivity index (χ0v) is 11.4. The molecule has 2 aliphatic heterocycles. The third-order valence-electron chi connectivity index (χ3n) is 3.90. The summed E-state index contributed by atoms with van der Waals surface area (Å²) in [5.41, 5.74) is 0. The zero-order valence-electron chi connectivity index (χ0n) is 11.4. The Morgan fingerprint density at radius 2 is 2.50 bits per heavy atom. The minimum absolute atomic E-state index is 0.0392. The van der Waals surface area contributed by atoms with Crippen LogP contribution in [-0.4, -0.2) is 48.8 Å². The average Bonchev–Trinajstić information content (AvgIpc) is 3.12. The summed E-state index contributed by atoms with van der Waals surface area (Å²) < 4.78 is 16.8. The van der Waals surface area contributed by atoms with Crippen LogP contribution in [0.2, 0.25) is 0 Å². The van der Waals surface area contributed by atoms with Gasteiger partial charge in [0.1, 0.15) is 12.2 Å². The first-order chi connectivity index (χ1) is 9.81. The van der Waals surface area contributed by atoms with Crippen molar-refractivity contribution in [2.24, 2.45) is 0 Å². The minimum Gasteiger partial charge on any atom is -0.459 e. The predicted octanol–water partition coefficient (Wildman–Crippen LogP) is 1.85. The summed E-state index contributed by atoms with van der Waals surface area (Å²) in [5.74, 6) is 0.291. The number of carbonyl (C=O) groups is 1. The standard InChI is InChI=1S/C15H19NO4/c1-2-7-18-13-10-16(11-5-3-9-20-14(11)13)15(17)12-6-4-8-19-12/h2,4,6,8,11,13-14H,1,3,5,7,9-10H2/t11-,13+,14+/m0/s1. The molecule has 20 heavy (non-hydrogen) atoms. The lowest BCUT2D eigenvalue weighted by atomic mass is 10.0. The lowest BCUT2D eigenvalue weighted by Gasteiger charge is -2.31. The number of rotatable bonds is 4. The van der Waals surface area contributed by atoms with Gasteiger partial charge >= 0.3 is 0 Å². The first kappa shape index (κ1) is 13.4. The van der Waals surface area contributed by atoms with E-state index in [-0.39, 0.29) is 24.2 Å². The maximum absolute atomic E-state index is 12.5. The van der Waals surface area contributed by atoms with E-state index in [0.717, 1.165) is 19.4 Å². The van der Waals surface area contributed by atoms with Gasteiger partial charge in [-0.3, -0.25) is 4.79 Å². The van der Waals surface area contributed by atoms with Gasteiger partial charge in [-0.05, 0) is 25.0 Å². The lowest BCUT2D eigenvalue weighted by Crippen LogP contribution is -2.43. The van der Waals surface area contributed by atoms with Gasteiger partial charge in [0.05, 0.1) is 25.5 Å². The largest absolute Gasteiger partial charge is 0.459 e. The summed E-state index contributed by atoms with van der Waals surface area (Å²) in [4.78, 5) is 14.3. The molecule has 2 aliphatic rings. The third-order valence-corrected chi connectivity index (χ3v) is 3.90. The number of fused-ring (bicyclic) bond motifs is 1. The van der Waals surface area contributed by atoms with Crippen molar-refractivity contribution in [1.29, 1.82) is 0 Å². The Balaban J connectivity index is 1.77. The van der Waals surface area contributed by atoms with E-state index < -0.39 is 0 Å². The maximum Gasteiger partial charge on any atom is 0.289 e. The van der Waals surface area contributed by atoms with Crippen molar-refractivity contribution < 1.29 is 18.7 Å². The van der Waals surface area contributed by atoms with Gasteiger partial charge in [-0.15, -0.1) is 6.58 Å². The van der Waals surface area contributed by atoms with Crippen LogP contribution in [0.15, 0.2) is 35.5 Å². The van der Waals surface area contributed by atoms with Crippen molar-refractivity contribution in [3.05, 3.63) is 36.8 Å². The van der Waals surface area contributed by atoms with Gasteiger partial charge in [-0.2, -0.15) is 0 Å². The highest BCUT2D eigenvalue weighted by Crippen LogP contribution is 2.31. The quantitative estimate of drug-likeness (QED) is 0.788. The average molecular weight is 277 g/mol. The van der Waals surface area contributed by atoms with Crippen molar-refractivity contribution in [3.8, 4) is 0 Å². The molecule has 2 fully saturated rings. The van der Waals surface area contributed by atoms with E-state index in [1.165, 1.54) is 6.26 Å². The van der Waals surface area contributed by atoms with Crippen molar-refractivity contribution >= 4 is 5.91 Å². The second kappa shape index (κ2) is 5.81. The molecule has 0 aromatic carbocycles. The Kier molecular flexibility index (Phi) is 3.89. The topological polar surface area (TPSA) is 51.9 Å². The molecule has 3 atom stereocenters. The van der Waals surface area contributed by atoms with Gasteiger partial charge in [0.15, 0.2) is 5.76 Å². The smallest absolute Gasteiger partial charge is 0.289 e. The summed E-state index contributed by atoms with van der Waals surface area (Å²) in [6.07, 6.45) is 5.03. The Morgan fingerprint density at radius 3 is 3.25 bits per heavy atom. The fraction of sp³-hybridized carbons (Fsp3) is 0.533. The Bertz CT molecular complexity index is 470. The highest BCUT2D eigenvalue weighted by molar-refractivity contribution is 5.92. The number of nitrogens with zero attached hydrogens (tertiary/aromatic N) is 1. The number of hydrogen-bond donors (Lipinski definition) is 0. The van der Waals surface area contributed by atoms with Crippen LogP contribution in [0.25, 0.3) is 0 Å². The molecule has 3 rings (SSSR count). The van der Waals surface area contributed by atoms with Crippen LogP contribution in [0.1, 0.15) is 23.4 Å². The SMILES string of the molecule is C=CCO[C@@H]1CN(C(=O)c2ccco2)[C@H]2CCCO[C@@H]12. The number of amides is 1. The molecular weight excluding hydrogens is 258 g/mol. The van der Waals surface area contributed by atoms with Crippen LogP contribution in [0.4, 0.5) is 0 Å². The van der Waals surface area contributed by atoms with Gasteiger partial charge in [-0.25, -0.2) is 0 Å². The second-order valence-corrected chi connectivity index (χ2v) is 5.14.